The van der Waals surface area contributed by atoms with Gasteiger partial charge in [-0.15, -0.1) is 0 Å². The van der Waals surface area contributed by atoms with Crippen LogP contribution in [0.3, 0.4) is 0 Å². The molecule has 0 aromatic rings. The lowest BCUT2D eigenvalue weighted by Gasteiger charge is -1.95. The summed E-state index contributed by atoms with van der Waals surface area (Å²) < 4.78 is 0. The summed E-state index contributed by atoms with van der Waals surface area (Å²) in [5.41, 5.74) is 0. The fourth-order valence-corrected chi connectivity index (χ4v) is 0.493. The first kappa shape index (κ1) is 5.08. The second-order valence-electron chi connectivity index (χ2n) is 1.57. The first-order valence-electron chi connectivity index (χ1n) is 2.25. The Bertz CT molecular complexity index is 151. The fraction of sp³-hybridized carbons (Fsp3) is 0.500. The van der Waals surface area contributed by atoms with Gasteiger partial charge in [0.1, 0.15) is 0 Å². The van der Waals surface area contributed by atoms with Gasteiger partial charge >= 0.3 is 6.03 Å². The Labute approximate surface area is 47.2 Å². The summed E-state index contributed by atoms with van der Waals surface area (Å²) in [4.78, 5) is 10.4. The highest BCUT2D eigenvalue weighted by Crippen LogP contribution is 1.95. The van der Waals surface area contributed by atoms with Gasteiger partial charge in [-0.05, 0) is 6.92 Å². The summed E-state index contributed by atoms with van der Waals surface area (Å²) in [6.07, 6.45) is 0. The van der Waals surface area contributed by atoms with Gasteiger partial charge in [-0.1, -0.05) is 0 Å². The molecule has 1 aliphatic rings. The van der Waals surface area contributed by atoms with Crippen LogP contribution in [-0.2, 0) is 0 Å². The molecular weight excluding hydrogens is 106 g/mol. The van der Waals surface area contributed by atoms with Crippen molar-refractivity contribution in [2.75, 3.05) is 7.05 Å². The molecule has 0 spiro atoms. The lowest BCUT2D eigenvalue weighted by molar-refractivity contribution is 0.221. The molecule has 0 atom stereocenters. The summed E-state index contributed by atoms with van der Waals surface area (Å²) in [5, 5.41) is 8.41. The van der Waals surface area contributed by atoms with Crippen molar-refractivity contribution in [3.8, 4) is 0 Å². The molecule has 1 rings (SSSR count). The first-order chi connectivity index (χ1) is 3.70. The van der Waals surface area contributed by atoms with Crippen molar-refractivity contribution < 1.29 is 4.79 Å². The van der Waals surface area contributed by atoms with Gasteiger partial charge in [-0.3, -0.25) is 0 Å². The maximum Gasteiger partial charge on any atom is 0.365 e. The minimum absolute atomic E-state index is 0.289. The van der Waals surface area contributed by atoms with E-state index < -0.39 is 0 Å². The smallest absolute Gasteiger partial charge is 0.244 e. The molecule has 4 nitrogen and oxygen atoms in total. The molecule has 0 unspecified atom stereocenters. The van der Waals surface area contributed by atoms with E-state index in [4.69, 9.17) is 0 Å². The number of hydrogen-bond acceptors (Lipinski definition) is 2. The molecule has 0 saturated carbocycles. The Balaban J connectivity index is 2.69. The molecule has 4 heteroatoms. The normalized spacial score (nSPS) is 18.5. The van der Waals surface area contributed by atoms with Crippen molar-refractivity contribution in [3.63, 3.8) is 0 Å². The standard InChI is InChI=1S/C4H6N3O/c1-3-5-4(8)7(2)6-3/h1-2H3. The highest BCUT2D eigenvalue weighted by molar-refractivity contribution is 5.99. The molecule has 0 saturated heterocycles. The molecule has 0 fully saturated rings. The van der Waals surface area contributed by atoms with Gasteiger partial charge in [0, 0.05) is 7.05 Å². The van der Waals surface area contributed by atoms with Crippen molar-refractivity contribution >= 4 is 11.9 Å². The number of hydrazone groups is 1. The Morgan fingerprint density at radius 2 is 2.25 bits per heavy atom. The minimum Gasteiger partial charge on any atom is -0.244 e. The van der Waals surface area contributed by atoms with Gasteiger partial charge in [0.2, 0.25) is 0 Å². The van der Waals surface area contributed by atoms with E-state index in [1.807, 2.05) is 0 Å². The second-order valence-corrected chi connectivity index (χ2v) is 1.57. The van der Waals surface area contributed by atoms with Crippen molar-refractivity contribution in [1.29, 1.82) is 0 Å². The number of amidine groups is 1. The number of urea groups is 1. The first-order valence-corrected chi connectivity index (χ1v) is 2.25. The van der Waals surface area contributed by atoms with Gasteiger partial charge in [0.15, 0.2) is 5.84 Å². The highest BCUT2D eigenvalue weighted by Gasteiger charge is 2.16. The second kappa shape index (κ2) is 1.47. The maximum absolute atomic E-state index is 10.4. The maximum atomic E-state index is 10.4. The van der Waals surface area contributed by atoms with Gasteiger partial charge in [-0.25, -0.2) is 9.80 Å². The highest BCUT2D eigenvalue weighted by atomic mass is 16.2. The predicted molar refractivity (Wildman–Crippen MR) is 28.4 cm³/mol. The van der Waals surface area contributed by atoms with E-state index in [0.717, 1.165) is 0 Å². The third-order valence-corrected chi connectivity index (χ3v) is 0.829. The van der Waals surface area contributed by atoms with E-state index in [1.165, 1.54) is 5.01 Å². The van der Waals surface area contributed by atoms with Crippen molar-refractivity contribution in [3.05, 3.63) is 0 Å². The Hall–Kier alpha value is -1.06. The number of rotatable bonds is 0. The van der Waals surface area contributed by atoms with E-state index in [2.05, 4.69) is 10.4 Å². The number of nitrogens with zero attached hydrogens (tertiary/aromatic N) is 3. The average molecular weight is 112 g/mol. The summed E-state index contributed by atoms with van der Waals surface area (Å²) in [7, 11) is 1.57. The van der Waals surface area contributed by atoms with Gasteiger partial charge < -0.3 is 0 Å². The number of carbonyl (C=O) groups excluding carboxylic acids is 1. The zero-order chi connectivity index (χ0) is 6.15. The van der Waals surface area contributed by atoms with Crippen LogP contribution in [0.15, 0.2) is 5.10 Å². The van der Waals surface area contributed by atoms with E-state index in [0.29, 0.717) is 5.84 Å². The predicted octanol–water partition coefficient (Wildman–Crippen LogP) is -0.0104. The molecule has 1 aliphatic heterocycles. The quantitative estimate of drug-likeness (QED) is 0.434. The Morgan fingerprint density at radius 1 is 1.62 bits per heavy atom. The summed E-state index contributed by atoms with van der Waals surface area (Å²) in [6, 6.07) is -0.289. The van der Waals surface area contributed by atoms with Crippen LogP contribution in [0.1, 0.15) is 6.92 Å². The lowest BCUT2D eigenvalue weighted by Crippen LogP contribution is -2.20. The van der Waals surface area contributed by atoms with Crippen LogP contribution >= 0.6 is 0 Å². The Morgan fingerprint density at radius 3 is 2.38 bits per heavy atom. The molecular formula is C4H6N3O. The zero-order valence-corrected chi connectivity index (χ0v) is 4.75. The third kappa shape index (κ3) is 0.641. The van der Waals surface area contributed by atoms with E-state index >= 15 is 0 Å². The minimum atomic E-state index is -0.289. The molecule has 0 N–H and O–H groups in total. The average Bonchev–Trinajstić information content (AvgIpc) is 1.85. The van der Waals surface area contributed by atoms with E-state index in [1.54, 1.807) is 14.0 Å². The van der Waals surface area contributed by atoms with E-state index in [9.17, 15) is 4.79 Å². The summed E-state index contributed by atoms with van der Waals surface area (Å²) in [5.74, 6) is 0.525. The molecule has 1 heterocycles. The molecule has 0 aromatic carbocycles. The van der Waals surface area contributed by atoms with E-state index in [-0.39, 0.29) is 6.03 Å². The molecule has 43 valence electrons. The number of amides is 2. The van der Waals surface area contributed by atoms with Crippen molar-refractivity contribution in [2.24, 2.45) is 5.10 Å². The molecule has 2 amide bonds. The summed E-state index contributed by atoms with van der Waals surface area (Å²) >= 11 is 0. The topological polar surface area (TPSA) is 46.8 Å². The third-order valence-electron chi connectivity index (χ3n) is 0.829. The Kier molecular flexibility index (Phi) is 0.932. The van der Waals surface area contributed by atoms with Crippen LogP contribution in [0.25, 0.3) is 0 Å². The van der Waals surface area contributed by atoms with Crippen LogP contribution in [0.2, 0.25) is 0 Å². The zero-order valence-electron chi connectivity index (χ0n) is 4.75. The molecule has 8 heavy (non-hydrogen) atoms. The number of carbonyl (C=O) groups is 1. The number of hydrogen-bond donors (Lipinski definition) is 0. The SMILES string of the molecule is CC1=NN(C)C(=O)[N]1. The molecule has 1 radical (unpaired) electrons. The van der Waals surface area contributed by atoms with Crippen LogP contribution in [0.5, 0.6) is 0 Å². The largest absolute Gasteiger partial charge is 0.365 e. The molecule has 0 aromatic heterocycles. The van der Waals surface area contributed by atoms with Gasteiger partial charge in [-0.2, -0.15) is 10.4 Å². The van der Waals surface area contributed by atoms with Gasteiger partial charge in [0.25, 0.3) is 0 Å². The lowest BCUT2D eigenvalue weighted by atomic mass is 10.7. The van der Waals surface area contributed by atoms with Crippen LogP contribution in [-0.4, -0.2) is 23.9 Å². The van der Waals surface area contributed by atoms with Crippen LogP contribution in [0, 0.1) is 0 Å². The van der Waals surface area contributed by atoms with Crippen molar-refractivity contribution in [1.82, 2.24) is 10.3 Å². The van der Waals surface area contributed by atoms with Crippen molar-refractivity contribution in [2.45, 2.75) is 6.92 Å². The summed E-state index contributed by atoms with van der Waals surface area (Å²) in [6.45, 7) is 1.68. The fourth-order valence-electron chi connectivity index (χ4n) is 0.493. The molecule has 0 bridgehead atoms. The molecule has 0 aliphatic carbocycles. The monoisotopic (exact) mass is 112 g/mol. The van der Waals surface area contributed by atoms with Gasteiger partial charge in [0.05, 0.1) is 0 Å². The van der Waals surface area contributed by atoms with Crippen LogP contribution in [0.4, 0.5) is 4.79 Å². The van der Waals surface area contributed by atoms with Crippen LogP contribution < -0.4 is 5.32 Å².